The molecule has 4 nitrogen and oxygen atoms in total. The van der Waals surface area contributed by atoms with Gasteiger partial charge in [0.05, 0.1) is 0 Å². The van der Waals surface area contributed by atoms with E-state index in [4.69, 9.17) is 11.6 Å². The number of fused-ring (bicyclic) bond motifs is 1. The molecule has 0 bridgehead atoms. The van der Waals surface area contributed by atoms with Crippen molar-refractivity contribution in [2.75, 3.05) is 6.26 Å². The molecule has 0 aliphatic heterocycles. The number of nitrogens with zero attached hydrogens (tertiary/aromatic N) is 4. The molecule has 2 aromatic rings. The standard InChI is InChI=1S/C8H9ClN4S/c1-3-6-11-7-4-5(9)10-8(14-2)13(7)12-6/h4H,3H2,1-2H3. The first-order valence-electron chi connectivity index (χ1n) is 4.20. The molecule has 0 saturated carbocycles. The molecule has 0 aliphatic rings. The number of thioether (sulfide) groups is 1. The van der Waals surface area contributed by atoms with Crippen LogP contribution in [0.25, 0.3) is 5.65 Å². The lowest BCUT2D eigenvalue weighted by molar-refractivity contribution is 0.774. The number of hydrogen-bond acceptors (Lipinski definition) is 4. The van der Waals surface area contributed by atoms with Crippen molar-refractivity contribution < 1.29 is 0 Å². The van der Waals surface area contributed by atoms with Gasteiger partial charge in [-0.15, -0.1) is 5.10 Å². The van der Waals surface area contributed by atoms with Crippen LogP contribution in [0.2, 0.25) is 5.15 Å². The van der Waals surface area contributed by atoms with Crippen LogP contribution in [-0.4, -0.2) is 25.8 Å². The zero-order valence-electron chi connectivity index (χ0n) is 7.86. The summed E-state index contributed by atoms with van der Waals surface area (Å²) >= 11 is 7.35. The average molecular weight is 229 g/mol. The molecule has 0 N–H and O–H groups in total. The largest absolute Gasteiger partial charge is 0.212 e. The molecule has 0 aromatic carbocycles. The monoisotopic (exact) mass is 228 g/mol. The van der Waals surface area contributed by atoms with Crippen LogP contribution in [-0.2, 0) is 6.42 Å². The van der Waals surface area contributed by atoms with Gasteiger partial charge in [0.15, 0.2) is 16.6 Å². The SMILES string of the molecule is CCc1nc2cc(Cl)nc(SC)n2n1. The van der Waals surface area contributed by atoms with E-state index in [-0.39, 0.29) is 0 Å². The normalized spacial score (nSPS) is 11.1. The predicted octanol–water partition coefficient (Wildman–Crippen LogP) is 2.06. The summed E-state index contributed by atoms with van der Waals surface area (Å²) in [5, 5.41) is 5.53. The van der Waals surface area contributed by atoms with Crippen molar-refractivity contribution in [2.24, 2.45) is 0 Å². The molecule has 0 spiro atoms. The fourth-order valence-corrected chi connectivity index (χ4v) is 1.89. The van der Waals surface area contributed by atoms with E-state index < -0.39 is 0 Å². The number of aryl methyl sites for hydroxylation is 1. The second-order valence-corrected chi connectivity index (χ2v) is 3.88. The van der Waals surface area contributed by atoms with Crippen LogP contribution in [0.5, 0.6) is 0 Å². The van der Waals surface area contributed by atoms with E-state index >= 15 is 0 Å². The van der Waals surface area contributed by atoms with Crippen molar-refractivity contribution in [3.63, 3.8) is 0 Å². The van der Waals surface area contributed by atoms with Crippen LogP contribution in [0.15, 0.2) is 11.2 Å². The Bertz CT molecular complexity index is 468. The fourth-order valence-electron chi connectivity index (χ4n) is 1.16. The molecule has 2 rings (SSSR count). The maximum absolute atomic E-state index is 5.85. The maximum Gasteiger partial charge on any atom is 0.192 e. The van der Waals surface area contributed by atoms with Gasteiger partial charge in [0.1, 0.15) is 5.15 Å². The van der Waals surface area contributed by atoms with Gasteiger partial charge >= 0.3 is 0 Å². The highest BCUT2D eigenvalue weighted by atomic mass is 35.5. The molecule has 74 valence electrons. The summed E-state index contributed by atoms with van der Waals surface area (Å²) in [5.41, 5.74) is 0.756. The Balaban J connectivity index is 2.71. The van der Waals surface area contributed by atoms with E-state index in [1.165, 1.54) is 11.8 Å². The van der Waals surface area contributed by atoms with Crippen molar-refractivity contribution in [3.8, 4) is 0 Å². The van der Waals surface area contributed by atoms with E-state index in [9.17, 15) is 0 Å². The van der Waals surface area contributed by atoms with Crippen molar-refractivity contribution in [1.29, 1.82) is 0 Å². The van der Waals surface area contributed by atoms with Gasteiger partial charge in [-0.25, -0.2) is 9.97 Å². The van der Waals surface area contributed by atoms with Gasteiger partial charge in [0.2, 0.25) is 0 Å². The highest BCUT2D eigenvalue weighted by Gasteiger charge is 2.08. The Labute approximate surface area is 90.7 Å². The fraction of sp³-hybridized carbons (Fsp3) is 0.375. The van der Waals surface area contributed by atoms with E-state index in [2.05, 4.69) is 15.1 Å². The molecule has 6 heteroatoms. The van der Waals surface area contributed by atoms with Gasteiger partial charge in [-0.05, 0) is 6.26 Å². The second kappa shape index (κ2) is 3.74. The summed E-state index contributed by atoms with van der Waals surface area (Å²) in [6.45, 7) is 2.02. The van der Waals surface area contributed by atoms with Crippen LogP contribution in [0, 0.1) is 0 Å². The summed E-state index contributed by atoms with van der Waals surface area (Å²) in [4.78, 5) is 8.47. The first kappa shape index (κ1) is 9.73. The van der Waals surface area contributed by atoms with Crippen LogP contribution >= 0.6 is 23.4 Å². The second-order valence-electron chi connectivity index (χ2n) is 2.72. The molecule has 0 amide bonds. The van der Waals surface area contributed by atoms with Crippen LogP contribution in [0.4, 0.5) is 0 Å². The van der Waals surface area contributed by atoms with Crippen molar-refractivity contribution in [3.05, 3.63) is 17.0 Å². The van der Waals surface area contributed by atoms with Crippen LogP contribution in [0.1, 0.15) is 12.7 Å². The number of halogens is 1. The Kier molecular flexibility index (Phi) is 2.60. The molecule has 14 heavy (non-hydrogen) atoms. The van der Waals surface area contributed by atoms with E-state index in [1.807, 2.05) is 13.2 Å². The Hall–Kier alpha value is -0.810. The van der Waals surface area contributed by atoms with Crippen molar-refractivity contribution >= 4 is 29.0 Å². The lowest BCUT2D eigenvalue weighted by atomic mass is 10.5. The molecule has 0 aliphatic carbocycles. The zero-order valence-corrected chi connectivity index (χ0v) is 9.43. The maximum atomic E-state index is 5.85. The summed E-state index contributed by atoms with van der Waals surface area (Å²) in [6, 6.07) is 1.72. The van der Waals surface area contributed by atoms with Crippen molar-refractivity contribution in [2.45, 2.75) is 18.5 Å². The molecule has 0 saturated heterocycles. The van der Waals surface area contributed by atoms with Gasteiger partial charge in [-0.3, -0.25) is 0 Å². The molecule has 2 aromatic heterocycles. The van der Waals surface area contributed by atoms with Gasteiger partial charge in [0.25, 0.3) is 0 Å². The topological polar surface area (TPSA) is 43.1 Å². The molecular weight excluding hydrogens is 220 g/mol. The lowest BCUT2D eigenvalue weighted by Gasteiger charge is -1.98. The summed E-state index contributed by atoms with van der Waals surface area (Å²) in [6.07, 6.45) is 2.75. The summed E-state index contributed by atoms with van der Waals surface area (Å²) in [7, 11) is 0. The quantitative estimate of drug-likeness (QED) is 0.448. The van der Waals surface area contributed by atoms with E-state index in [0.717, 1.165) is 23.0 Å². The first-order chi connectivity index (χ1) is 6.74. The molecule has 2 heterocycles. The predicted molar refractivity (Wildman–Crippen MR) is 57.0 cm³/mol. The average Bonchev–Trinajstić information content (AvgIpc) is 2.59. The third kappa shape index (κ3) is 1.57. The van der Waals surface area contributed by atoms with Gasteiger partial charge in [0, 0.05) is 12.5 Å². The summed E-state index contributed by atoms with van der Waals surface area (Å²) in [5.74, 6) is 0.810. The van der Waals surface area contributed by atoms with Gasteiger partial charge in [-0.2, -0.15) is 4.52 Å². The van der Waals surface area contributed by atoms with Gasteiger partial charge < -0.3 is 0 Å². The number of aromatic nitrogens is 4. The minimum atomic E-state index is 0.455. The van der Waals surface area contributed by atoms with E-state index in [1.54, 1.807) is 10.6 Å². The van der Waals surface area contributed by atoms with Gasteiger partial charge in [-0.1, -0.05) is 30.3 Å². The Morgan fingerprint density at radius 1 is 1.50 bits per heavy atom. The Morgan fingerprint density at radius 3 is 2.93 bits per heavy atom. The first-order valence-corrected chi connectivity index (χ1v) is 5.81. The molecule has 0 radical (unpaired) electrons. The van der Waals surface area contributed by atoms with Crippen LogP contribution in [0.3, 0.4) is 0 Å². The smallest absolute Gasteiger partial charge is 0.192 e. The number of hydrogen-bond donors (Lipinski definition) is 0. The third-order valence-corrected chi connectivity index (χ3v) is 2.63. The lowest BCUT2D eigenvalue weighted by Crippen LogP contribution is -1.96. The third-order valence-electron chi connectivity index (χ3n) is 1.81. The molecule has 0 fully saturated rings. The zero-order chi connectivity index (χ0) is 10.1. The Morgan fingerprint density at radius 2 is 2.29 bits per heavy atom. The highest BCUT2D eigenvalue weighted by Crippen LogP contribution is 2.17. The number of rotatable bonds is 2. The highest BCUT2D eigenvalue weighted by molar-refractivity contribution is 7.98. The minimum Gasteiger partial charge on any atom is -0.212 e. The van der Waals surface area contributed by atoms with Crippen molar-refractivity contribution in [1.82, 2.24) is 19.6 Å². The molecule has 0 unspecified atom stereocenters. The molecule has 0 atom stereocenters. The molecular formula is C8H9ClN4S. The van der Waals surface area contributed by atoms with E-state index in [0.29, 0.717) is 5.15 Å². The summed E-state index contributed by atoms with van der Waals surface area (Å²) < 4.78 is 1.72. The van der Waals surface area contributed by atoms with Crippen LogP contribution < -0.4 is 0 Å². The minimum absolute atomic E-state index is 0.455.